The molecule has 0 atom stereocenters. The molecule has 0 saturated heterocycles. The van der Waals surface area contributed by atoms with Crippen LogP contribution in [0.1, 0.15) is 38.2 Å². The van der Waals surface area contributed by atoms with Crippen LogP contribution in [-0.2, 0) is 0 Å². The third-order valence-electron chi connectivity index (χ3n) is 3.83. The summed E-state index contributed by atoms with van der Waals surface area (Å²) in [5.74, 6) is 1.61. The summed E-state index contributed by atoms with van der Waals surface area (Å²) in [7, 11) is 0. The number of pyridine rings is 1. The van der Waals surface area contributed by atoms with Gasteiger partial charge in [-0.1, -0.05) is 6.92 Å². The van der Waals surface area contributed by atoms with Gasteiger partial charge in [0.15, 0.2) is 0 Å². The molecule has 3 nitrogen and oxygen atoms in total. The van der Waals surface area contributed by atoms with Crippen molar-refractivity contribution in [3.8, 4) is 0 Å². The van der Waals surface area contributed by atoms with Gasteiger partial charge in [-0.2, -0.15) is 0 Å². The van der Waals surface area contributed by atoms with Crippen LogP contribution in [0.15, 0.2) is 16.7 Å². The summed E-state index contributed by atoms with van der Waals surface area (Å²) in [6.07, 6.45) is 5.78. The van der Waals surface area contributed by atoms with Crippen molar-refractivity contribution in [2.45, 2.75) is 45.1 Å². The highest BCUT2D eigenvalue weighted by Crippen LogP contribution is 2.32. The molecule has 1 heterocycles. The van der Waals surface area contributed by atoms with Crippen molar-refractivity contribution in [3.63, 3.8) is 0 Å². The molecule has 1 aromatic heterocycles. The summed E-state index contributed by atoms with van der Waals surface area (Å²) in [5.41, 5.74) is 0.533. The molecule has 1 aliphatic rings. The number of aliphatic hydroxyl groups is 1. The molecule has 1 aromatic rings. The van der Waals surface area contributed by atoms with Crippen LogP contribution in [0.25, 0.3) is 0 Å². The van der Waals surface area contributed by atoms with Crippen LogP contribution < -0.4 is 5.32 Å². The first-order valence-corrected chi connectivity index (χ1v) is 7.36. The third kappa shape index (κ3) is 3.45. The van der Waals surface area contributed by atoms with E-state index in [1.165, 1.54) is 0 Å². The SMILES string of the molecule is Cc1cc(Br)cnc1NCC1(O)CCC(C)CC1. The molecule has 0 radical (unpaired) electrons. The minimum Gasteiger partial charge on any atom is -0.388 e. The summed E-state index contributed by atoms with van der Waals surface area (Å²) in [6, 6.07) is 2.03. The number of nitrogens with one attached hydrogen (secondary N) is 1. The quantitative estimate of drug-likeness (QED) is 0.897. The molecule has 0 aromatic carbocycles. The molecule has 1 saturated carbocycles. The Morgan fingerprint density at radius 3 is 2.78 bits per heavy atom. The van der Waals surface area contributed by atoms with Crippen LogP contribution >= 0.6 is 15.9 Å². The molecular formula is C14H21BrN2O. The number of aromatic nitrogens is 1. The largest absolute Gasteiger partial charge is 0.388 e. The van der Waals surface area contributed by atoms with Crippen molar-refractivity contribution >= 4 is 21.7 Å². The third-order valence-corrected chi connectivity index (χ3v) is 4.27. The van der Waals surface area contributed by atoms with Gasteiger partial charge in [-0.3, -0.25) is 0 Å². The van der Waals surface area contributed by atoms with E-state index < -0.39 is 5.60 Å². The van der Waals surface area contributed by atoms with Crippen molar-refractivity contribution in [1.82, 2.24) is 4.98 Å². The summed E-state index contributed by atoms with van der Waals surface area (Å²) >= 11 is 3.40. The van der Waals surface area contributed by atoms with Gasteiger partial charge in [0.05, 0.1) is 5.60 Å². The van der Waals surface area contributed by atoms with Gasteiger partial charge in [0.25, 0.3) is 0 Å². The summed E-state index contributed by atoms with van der Waals surface area (Å²) < 4.78 is 0.982. The average molecular weight is 313 g/mol. The maximum absolute atomic E-state index is 10.5. The first-order chi connectivity index (χ1) is 8.48. The van der Waals surface area contributed by atoms with E-state index in [0.717, 1.165) is 47.5 Å². The fourth-order valence-electron chi connectivity index (χ4n) is 2.45. The van der Waals surface area contributed by atoms with Gasteiger partial charge >= 0.3 is 0 Å². The molecule has 0 bridgehead atoms. The zero-order valence-corrected chi connectivity index (χ0v) is 12.6. The molecule has 1 aliphatic carbocycles. The van der Waals surface area contributed by atoms with Crippen LogP contribution in [0.2, 0.25) is 0 Å². The molecule has 4 heteroatoms. The molecule has 100 valence electrons. The lowest BCUT2D eigenvalue weighted by molar-refractivity contribution is 0.00494. The Labute approximate surface area is 117 Å². The smallest absolute Gasteiger partial charge is 0.129 e. The number of hydrogen-bond donors (Lipinski definition) is 2. The van der Waals surface area contributed by atoms with E-state index >= 15 is 0 Å². The van der Waals surface area contributed by atoms with Crippen LogP contribution in [0.3, 0.4) is 0 Å². The fourth-order valence-corrected chi connectivity index (χ4v) is 2.90. The predicted molar refractivity (Wildman–Crippen MR) is 77.7 cm³/mol. The van der Waals surface area contributed by atoms with Gasteiger partial charge in [0.1, 0.15) is 5.82 Å². The topological polar surface area (TPSA) is 45.2 Å². The molecule has 2 rings (SSSR count). The first kappa shape index (κ1) is 13.8. The normalized spacial score (nSPS) is 28.1. The Kier molecular flexibility index (Phi) is 4.28. The standard InChI is InChI=1S/C14H21BrN2O/c1-10-3-5-14(18,6-4-10)9-17-13-11(2)7-12(15)8-16-13/h7-8,10,18H,3-6,9H2,1-2H3,(H,16,17). The average Bonchev–Trinajstić information content (AvgIpc) is 2.32. The molecule has 0 amide bonds. The Morgan fingerprint density at radius 2 is 2.17 bits per heavy atom. The van der Waals surface area contributed by atoms with Crippen LogP contribution in [0.5, 0.6) is 0 Å². The first-order valence-electron chi connectivity index (χ1n) is 6.57. The van der Waals surface area contributed by atoms with Crippen LogP contribution in [0, 0.1) is 12.8 Å². The van der Waals surface area contributed by atoms with E-state index in [1.807, 2.05) is 13.0 Å². The summed E-state index contributed by atoms with van der Waals surface area (Å²) in [6.45, 7) is 4.87. The van der Waals surface area contributed by atoms with E-state index in [2.05, 4.69) is 33.2 Å². The number of rotatable bonds is 3. The minimum absolute atomic E-state index is 0.562. The van der Waals surface area contributed by atoms with Crippen LogP contribution in [-0.4, -0.2) is 22.2 Å². The number of hydrogen-bond acceptors (Lipinski definition) is 3. The lowest BCUT2D eigenvalue weighted by Gasteiger charge is -2.35. The van der Waals surface area contributed by atoms with Gasteiger partial charge < -0.3 is 10.4 Å². The number of halogens is 1. The van der Waals surface area contributed by atoms with Crippen molar-refractivity contribution in [2.75, 3.05) is 11.9 Å². The molecule has 1 fully saturated rings. The summed E-state index contributed by atoms with van der Waals surface area (Å²) in [5, 5.41) is 13.8. The fraction of sp³-hybridized carbons (Fsp3) is 0.643. The van der Waals surface area contributed by atoms with Crippen LogP contribution in [0.4, 0.5) is 5.82 Å². The van der Waals surface area contributed by atoms with E-state index in [0.29, 0.717) is 6.54 Å². The lowest BCUT2D eigenvalue weighted by Crippen LogP contribution is -2.40. The number of nitrogens with zero attached hydrogens (tertiary/aromatic N) is 1. The molecule has 0 spiro atoms. The Balaban J connectivity index is 1.94. The lowest BCUT2D eigenvalue weighted by atomic mass is 9.79. The zero-order valence-electron chi connectivity index (χ0n) is 11.0. The van der Waals surface area contributed by atoms with Crippen molar-refractivity contribution < 1.29 is 5.11 Å². The predicted octanol–water partition coefficient (Wildman–Crippen LogP) is 3.51. The Morgan fingerprint density at radius 1 is 1.50 bits per heavy atom. The minimum atomic E-state index is -0.562. The second-order valence-corrected chi connectivity index (χ2v) is 6.50. The highest BCUT2D eigenvalue weighted by Gasteiger charge is 2.31. The summed E-state index contributed by atoms with van der Waals surface area (Å²) in [4.78, 5) is 4.34. The molecule has 0 unspecified atom stereocenters. The Bertz CT molecular complexity index is 414. The maximum atomic E-state index is 10.5. The number of anilines is 1. The van der Waals surface area contributed by atoms with Gasteiger partial charge in [-0.05, 0) is 66.1 Å². The molecular weight excluding hydrogens is 292 g/mol. The zero-order chi connectivity index (χ0) is 13.2. The van der Waals surface area contributed by atoms with Gasteiger partial charge in [-0.25, -0.2) is 4.98 Å². The Hall–Kier alpha value is -0.610. The van der Waals surface area contributed by atoms with Gasteiger partial charge in [-0.15, -0.1) is 0 Å². The molecule has 18 heavy (non-hydrogen) atoms. The highest BCUT2D eigenvalue weighted by atomic mass is 79.9. The van der Waals surface area contributed by atoms with Crippen molar-refractivity contribution in [2.24, 2.45) is 5.92 Å². The molecule has 2 N–H and O–H groups in total. The van der Waals surface area contributed by atoms with Crippen molar-refractivity contribution in [1.29, 1.82) is 0 Å². The van der Waals surface area contributed by atoms with Gasteiger partial charge in [0, 0.05) is 17.2 Å². The van der Waals surface area contributed by atoms with E-state index in [1.54, 1.807) is 6.20 Å². The highest BCUT2D eigenvalue weighted by molar-refractivity contribution is 9.10. The molecule has 0 aliphatic heterocycles. The maximum Gasteiger partial charge on any atom is 0.129 e. The van der Waals surface area contributed by atoms with E-state index in [9.17, 15) is 5.11 Å². The van der Waals surface area contributed by atoms with E-state index in [4.69, 9.17) is 0 Å². The van der Waals surface area contributed by atoms with E-state index in [-0.39, 0.29) is 0 Å². The van der Waals surface area contributed by atoms with Gasteiger partial charge in [0.2, 0.25) is 0 Å². The second-order valence-electron chi connectivity index (χ2n) is 5.58. The second kappa shape index (κ2) is 5.57. The number of aryl methyl sites for hydroxylation is 1. The van der Waals surface area contributed by atoms with Crippen molar-refractivity contribution in [3.05, 3.63) is 22.3 Å². The monoisotopic (exact) mass is 312 g/mol.